The number of hydrogen-bond donors (Lipinski definition) is 1. The first kappa shape index (κ1) is 16.0. The minimum Gasteiger partial charge on any atom is -0.261 e. The number of aromatic amines is 1. The highest BCUT2D eigenvalue weighted by atomic mass is 15.1. The highest BCUT2D eigenvalue weighted by Crippen LogP contribution is 2.32. The second kappa shape index (κ2) is 6.41. The summed E-state index contributed by atoms with van der Waals surface area (Å²) >= 11 is 0. The number of nitrogens with one attached hydrogen (secondary N) is 1. The molecule has 0 spiro atoms. The van der Waals surface area contributed by atoms with Crippen LogP contribution in [0.2, 0.25) is 0 Å². The molecule has 1 atom stereocenters. The van der Waals surface area contributed by atoms with E-state index in [1.165, 1.54) is 0 Å². The van der Waals surface area contributed by atoms with E-state index in [1.807, 2.05) is 49.4 Å². The van der Waals surface area contributed by atoms with Crippen molar-refractivity contribution < 1.29 is 0 Å². The molecule has 26 heavy (non-hydrogen) atoms. The summed E-state index contributed by atoms with van der Waals surface area (Å²) in [6.45, 7) is 1.96. The summed E-state index contributed by atoms with van der Waals surface area (Å²) in [6.07, 6.45) is 5.86. The Morgan fingerprint density at radius 2 is 2.00 bits per heavy atom. The maximum Gasteiger partial charge on any atom is 0.155 e. The molecule has 4 aromatic rings. The largest absolute Gasteiger partial charge is 0.261 e. The zero-order chi connectivity index (χ0) is 18.0. The molecule has 0 saturated heterocycles. The van der Waals surface area contributed by atoms with Crippen LogP contribution < -0.4 is 0 Å². The van der Waals surface area contributed by atoms with Crippen molar-refractivity contribution in [3.8, 4) is 17.2 Å². The predicted molar refractivity (Wildman–Crippen MR) is 100 cm³/mol. The first-order valence-corrected chi connectivity index (χ1v) is 8.40. The third-order valence-electron chi connectivity index (χ3n) is 4.67. The molecule has 3 aromatic heterocycles. The maximum absolute atomic E-state index is 9.90. The Labute approximate surface area is 151 Å². The molecule has 0 saturated carbocycles. The maximum atomic E-state index is 9.90. The van der Waals surface area contributed by atoms with Crippen LogP contribution in [-0.2, 0) is 11.8 Å². The van der Waals surface area contributed by atoms with Gasteiger partial charge in [-0.3, -0.25) is 10.1 Å². The van der Waals surface area contributed by atoms with E-state index >= 15 is 0 Å². The Morgan fingerprint density at radius 3 is 2.81 bits per heavy atom. The zero-order valence-corrected chi connectivity index (χ0v) is 14.3. The molecule has 0 aliphatic heterocycles. The van der Waals surface area contributed by atoms with Gasteiger partial charge in [-0.1, -0.05) is 24.3 Å². The molecule has 3 heterocycles. The second-order valence-electron chi connectivity index (χ2n) is 6.51. The van der Waals surface area contributed by atoms with Gasteiger partial charge in [0, 0.05) is 29.9 Å². The third kappa shape index (κ3) is 2.82. The fraction of sp³-hybridized carbons (Fsp3) is 0.143. The van der Waals surface area contributed by atoms with Crippen LogP contribution in [0.3, 0.4) is 0 Å². The minimum atomic E-state index is -0.660. The van der Waals surface area contributed by atoms with E-state index < -0.39 is 5.41 Å². The fourth-order valence-electron chi connectivity index (χ4n) is 3.20. The van der Waals surface area contributed by atoms with Gasteiger partial charge < -0.3 is 0 Å². The Bertz CT molecular complexity index is 1090. The van der Waals surface area contributed by atoms with E-state index in [1.54, 1.807) is 18.6 Å². The lowest BCUT2D eigenvalue weighted by atomic mass is 9.79. The quantitative estimate of drug-likeness (QED) is 0.608. The molecule has 1 unspecified atom stereocenters. The Hall–Kier alpha value is -3.52. The van der Waals surface area contributed by atoms with E-state index in [4.69, 9.17) is 0 Å². The zero-order valence-electron chi connectivity index (χ0n) is 14.3. The van der Waals surface area contributed by atoms with E-state index in [0.29, 0.717) is 6.42 Å². The Morgan fingerprint density at radius 1 is 1.08 bits per heavy atom. The average molecular weight is 339 g/mol. The highest BCUT2D eigenvalue weighted by molar-refractivity contribution is 5.92. The normalized spacial score (nSPS) is 13.2. The van der Waals surface area contributed by atoms with Gasteiger partial charge in [0.05, 0.1) is 17.7 Å². The van der Waals surface area contributed by atoms with Crippen molar-refractivity contribution in [3.05, 3.63) is 78.4 Å². The van der Waals surface area contributed by atoms with E-state index in [9.17, 15) is 5.26 Å². The number of nitriles is 1. The summed E-state index contributed by atoms with van der Waals surface area (Å²) in [6, 6.07) is 18.4. The summed E-state index contributed by atoms with van der Waals surface area (Å²) in [4.78, 5) is 8.67. The van der Waals surface area contributed by atoms with Gasteiger partial charge >= 0.3 is 0 Å². The SMILES string of the molecule is CC(C#N)(Cc1ccccn1)c1cccc(-c2ccnc3[nH]ncc23)c1. The molecule has 0 aliphatic rings. The molecule has 0 radical (unpaired) electrons. The van der Waals surface area contributed by atoms with Gasteiger partial charge in [-0.05, 0) is 47.9 Å². The highest BCUT2D eigenvalue weighted by Gasteiger charge is 2.28. The van der Waals surface area contributed by atoms with Crippen molar-refractivity contribution in [3.63, 3.8) is 0 Å². The third-order valence-corrected chi connectivity index (χ3v) is 4.67. The summed E-state index contributed by atoms with van der Waals surface area (Å²) in [7, 11) is 0. The van der Waals surface area contributed by atoms with E-state index in [2.05, 4.69) is 32.3 Å². The summed E-state index contributed by atoms with van der Waals surface area (Å²) in [5, 5.41) is 17.8. The molecular weight excluding hydrogens is 322 g/mol. The van der Waals surface area contributed by atoms with Gasteiger partial charge in [0.1, 0.15) is 0 Å². The number of hydrogen-bond acceptors (Lipinski definition) is 4. The lowest BCUT2D eigenvalue weighted by molar-refractivity contribution is 0.597. The fourth-order valence-corrected chi connectivity index (χ4v) is 3.20. The molecule has 4 rings (SSSR count). The Kier molecular flexibility index (Phi) is 3.94. The topological polar surface area (TPSA) is 78.2 Å². The molecule has 0 amide bonds. The summed E-state index contributed by atoms with van der Waals surface area (Å²) < 4.78 is 0. The lowest BCUT2D eigenvalue weighted by Gasteiger charge is -2.22. The standard InChI is InChI=1S/C21H17N5/c1-21(14-22,12-17-7-2-3-9-23-17)16-6-4-5-15(11-16)18-8-10-24-20-19(18)13-25-26-20/h2-11,13H,12H2,1H3,(H,24,25,26). The van der Waals surface area contributed by atoms with Gasteiger partial charge in [0.2, 0.25) is 0 Å². The molecule has 0 bridgehead atoms. The van der Waals surface area contributed by atoms with Crippen LogP contribution in [0.15, 0.2) is 67.1 Å². The van der Waals surface area contributed by atoms with Crippen LogP contribution in [0.5, 0.6) is 0 Å². The number of H-pyrrole nitrogens is 1. The number of benzene rings is 1. The first-order valence-electron chi connectivity index (χ1n) is 8.40. The average Bonchev–Trinajstić information content (AvgIpc) is 3.17. The smallest absolute Gasteiger partial charge is 0.155 e. The first-order chi connectivity index (χ1) is 12.7. The van der Waals surface area contributed by atoms with Gasteiger partial charge in [0.25, 0.3) is 0 Å². The van der Waals surface area contributed by atoms with Crippen molar-refractivity contribution in [1.29, 1.82) is 5.26 Å². The van der Waals surface area contributed by atoms with Crippen LogP contribution >= 0.6 is 0 Å². The van der Waals surface area contributed by atoms with E-state index in [-0.39, 0.29) is 0 Å². The molecule has 126 valence electrons. The molecule has 0 aliphatic carbocycles. The minimum absolute atomic E-state index is 0.561. The molecule has 5 heteroatoms. The van der Waals surface area contributed by atoms with Crippen LogP contribution in [0.1, 0.15) is 18.2 Å². The van der Waals surface area contributed by atoms with Crippen molar-refractivity contribution in [2.75, 3.05) is 0 Å². The summed E-state index contributed by atoms with van der Waals surface area (Å²) in [5.41, 5.74) is 4.05. The van der Waals surface area contributed by atoms with Crippen molar-refractivity contribution >= 4 is 11.0 Å². The van der Waals surface area contributed by atoms with Crippen LogP contribution in [-0.4, -0.2) is 20.2 Å². The number of aromatic nitrogens is 4. The molecule has 1 N–H and O–H groups in total. The van der Waals surface area contributed by atoms with Gasteiger partial charge in [-0.2, -0.15) is 10.4 Å². The predicted octanol–water partition coefficient (Wildman–Crippen LogP) is 4.04. The summed E-state index contributed by atoms with van der Waals surface area (Å²) in [5.74, 6) is 0. The number of fused-ring (bicyclic) bond motifs is 1. The van der Waals surface area contributed by atoms with Crippen molar-refractivity contribution in [1.82, 2.24) is 20.2 Å². The molecule has 1 aromatic carbocycles. The van der Waals surface area contributed by atoms with Gasteiger partial charge in [-0.15, -0.1) is 0 Å². The second-order valence-corrected chi connectivity index (χ2v) is 6.51. The molecule has 5 nitrogen and oxygen atoms in total. The van der Waals surface area contributed by atoms with Crippen LogP contribution in [0.25, 0.3) is 22.2 Å². The van der Waals surface area contributed by atoms with Crippen molar-refractivity contribution in [2.24, 2.45) is 0 Å². The van der Waals surface area contributed by atoms with E-state index in [0.717, 1.165) is 33.4 Å². The Balaban J connectivity index is 1.77. The van der Waals surface area contributed by atoms with Gasteiger partial charge in [-0.25, -0.2) is 4.98 Å². The van der Waals surface area contributed by atoms with Gasteiger partial charge in [0.15, 0.2) is 5.65 Å². The molecule has 0 fully saturated rings. The van der Waals surface area contributed by atoms with Crippen molar-refractivity contribution in [2.45, 2.75) is 18.8 Å². The number of rotatable bonds is 4. The monoisotopic (exact) mass is 339 g/mol. The number of nitrogens with zero attached hydrogens (tertiary/aromatic N) is 4. The number of pyridine rings is 2. The van der Waals surface area contributed by atoms with Crippen LogP contribution in [0, 0.1) is 11.3 Å². The van der Waals surface area contributed by atoms with Crippen LogP contribution in [0.4, 0.5) is 0 Å². The lowest BCUT2D eigenvalue weighted by Crippen LogP contribution is -2.23. The molecular formula is C21H17N5.